The van der Waals surface area contributed by atoms with Crippen LogP contribution in [0, 0.1) is 0 Å². The highest BCUT2D eigenvalue weighted by Crippen LogP contribution is 2.22. The number of rotatable bonds is 4. The van der Waals surface area contributed by atoms with Crippen molar-refractivity contribution in [3.05, 3.63) is 28.5 Å². The van der Waals surface area contributed by atoms with Crippen molar-refractivity contribution in [1.29, 1.82) is 0 Å². The summed E-state index contributed by atoms with van der Waals surface area (Å²) >= 11 is 7.49. The topological polar surface area (TPSA) is 46.4 Å². The first-order chi connectivity index (χ1) is 8.22. The summed E-state index contributed by atoms with van der Waals surface area (Å²) in [6.07, 6.45) is 5.95. The van der Waals surface area contributed by atoms with Crippen molar-refractivity contribution in [2.75, 3.05) is 6.54 Å². The number of imidazole rings is 1. The van der Waals surface area contributed by atoms with Gasteiger partial charge in [0.2, 0.25) is 5.91 Å². The average molecular weight is 270 g/mol. The van der Waals surface area contributed by atoms with Crippen molar-refractivity contribution in [2.45, 2.75) is 13.3 Å². The second-order valence-electron chi connectivity index (χ2n) is 3.47. The van der Waals surface area contributed by atoms with Gasteiger partial charge in [-0.25, -0.2) is 4.98 Å². The second-order valence-corrected chi connectivity index (χ2v) is 4.70. The minimum absolute atomic E-state index is 0.118. The van der Waals surface area contributed by atoms with Gasteiger partial charge in [-0.2, -0.15) is 0 Å². The Morgan fingerprint density at radius 1 is 1.71 bits per heavy atom. The summed E-state index contributed by atoms with van der Waals surface area (Å²) in [4.78, 5) is 16.4. The number of hydrogen-bond donors (Lipinski definition) is 1. The molecule has 2 rings (SSSR count). The zero-order valence-corrected chi connectivity index (χ0v) is 10.9. The highest BCUT2D eigenvalue weighted by molar-refractivity contribution is 7.15. The van der Waals surface area contributed by atoms with E-state index in [2.05, 4.69) is 10.3 Å². The number of thiazole rings is 1. The Morgan fingerprint density at radius 2 is 2.53 bits per heavy atom. The minimum atomic E-state index is -0.118. The molecular weight excluding hydrogens is 258 g/mol. The van der Waals surface area contributed by atoms with Crippen molar-refractivity contribution in [2.24, 2.45) is 0 Å². The quantitative estimate of drug-likeness (QED) is 0.868. The third-order valence-electron chi connectivity index (χ3n) is 2.20. The zero-order chi connectivity index (χ0) is 12.3. The number of aromatic nitrogens is 2. The van der Waals surface area contributed by atoms with Crippen molar-refractivity contribution >= 4 is 39.9 Å². The third kappa shape index (κ3) is 2.68. The first kappa shape index (κ1) is 12.1. The molecule has 0 spiro atoms. The van der Waals surface area contributed by atoms with Crippen molar-refractivity contribution < 1.29 is 4.79 Å². The van der Waals surface area contributed by atoms with Crippen LogP contribution in [0.2, 0.25) is 5.15 Å². The SMILES string of the molecule is CCCNC(=O)C=Cc1c(Cl)nc2sccn12. The highest BCUT2D eigenvalue weighted by atomic mass is 35.5. The summed E-state index contributed by atoms with van der Waals surface area (Å²) in [6, 6.07) is 0. The van der Waals surface area contributed by atoms with Gasteiger partial charge < -0.3 is 5.32 Å². The summed E-state index contributed by atoms with van der Waals surface area (Å²) in [5, 5.41) is 5.10. The molecular formula is C11H12ClN3OS. The normalized spacial score (nSPS) is 11.4. The molecule has 0 bridgehead atoms. The maximum atomic E-state index is 11.4. The molecule has 1 N–H and O–H groups in total. The molecule has 0 unspecified atom stereocenters. The van der Waals surface area contributed by atoms with E-state index in [-0.39, 0.29) is 5.91 Å². The van der Waals surface area contributed by atoms with E-state index in [1.807, 2.05) is 22.9 Å². The smallest absolute Gasteiger partial charge is 0.244 e. The van der Waals surface area contributed by atoms with Crippen LogP contribution >= 0.6 is 22.9 Å². The van der Waals surface area contributed by atoms with Crippen LogP contribution < -0.4 is 5.32 Å². The Kier molecular flexibility index (Phi) is 3.81. The van der Waals surface area contributed by atoms with Crippen LogP contribution in [0.25, 0.3) is 11.0 Å². The minimum Gasteiger partial charge on any atom is -0.353 e. The zero-order valence-electron chi connectivity index (χ0n) is 9.31. The number of hydrogen-bond acceptors (Lipinski definition) is 3. The van der Waals surface area contributed by atoms with Gasteiger partial charge in [-0.15, -0.1) is 11.3 Å². The fraction of sp³-hybridized carbons (Fsp3) is 0.273. The molecule has 2 heterocycles. The number of nitrogens with zero attached hydrogens (tertiary/aromatic N) is 2. The van der Waals surface area contributed by atoms with E-state index in [4.69, 9.17) is 11.6 Å². The molecule has 0 atom stereocenters. The Hall–Kier alpha value is -1.33. The molecule has 90 valence electrons. The van der Waals surface area contributed by atoms with Gasteiger partial charge >= 0.3 is 0 Å². The summed E-state index contributed by atoms with van der Waals surface area (Å²) in [5.74, 6) is -0.118. The predicted octanol–water partition coefficient (Wildman–Crippen LogP) is 2.59. The van der Waals surface area contributed by atoms with E-state index in [1.165, 1.54) is 17.4 Å². The number of carbonyl (C=O) groups excluding carboxylic acids is 1. The van der Waals surface area contributed by atoms with Gasteiger partial charge in [0.1, 0.15) is 0 Å². The molecule has 0 aliphatic rings. The average Bonchev–Trinajstić information content (AvgIpc) is 2.84. The Bertz CT molecular complexity index is 558. The largest absolute Gasteiger partial charge is 0.353 e. The first-order valence-electron chi connectivity index (χ1n) is 5.29. The summed E-state index contributed by atoms with van der Waals surface area (Å²) < 4.78 is 1.86. The monoisotopic (exact) mass is 269 g/mol. The third-order valence-corrected chi connectivity index (χ3v) is 3.23. The number of carbonyl (C=O) groups is 1. The van der Waals surface area contributed by atoms with E-state index in [0.717, 1.165) is 17.1 Å². The molecule has 2 aromatic heterocycles. The molecule has 0 aliphatic carbocycles. The molecule has 0 aromatic carbocycles. The van der Waals surface area contributed by atoms with Crippen LogP contribution in [0.5, 0.6) is 0 Å². The van der Waals surface area contributed by atoms with E-state index < -0.39 is 0 Å². The lowest BCUT2D eigenvalue weighted by molar-refractivity contribution is -0.116. The van der Waals surface area contributed by atoms with E-state index >= 15 is 0 Å². The Balaban J connectivity index is 2.17. The number of amides is 1. The van der Waals surface area contributed by atoms with Crippen molar-refractivity contribution in [3.63, 3.8) is 0 Å². The molecule has 0 fully saturated rings. The fourth-order valence-electron chi connectivity index (χ4n) is 1.39. The van der Waals surface area contributed by atoms with Crippen LogP contribution in [0.15, 0.2) is 17.7 Å². The lowest BCUT2D eigenvalue weighted by atomic mass is 10.3. The first-order valence-corrected chi connectivity index (χ1v) is 6.55. The van der Waals surface area contributed by atoms with Gasteiger partial charge in [-0.05, 0) is 12.5 Å². The molecule has 0 radical (unpaired) electrons. The van der Waals surface area contributed by atoms with E-state index in [0.29, 0.717) is 11.7 Å². The van der Waals surface area contributed by atoms with E-state index in [1.54, 1.807) is 6.08 Å². The van der Waals surface area contributed by atoms with Crippen molar-refractivity contribution in [1.82, 2.24) is 14.7 Å². The predicted molar refractivity (Wildman–Crippen MR) is 70.4 cm³/mol. The van der Waals surface area contributed by atoms with Gasteiger partial charge in [0.15, 0.2) is 10.1 Å². The second kappa shape index (κ2) is 5.33. The number of nitrogens with one attached hydrogen (secondary N) is 1. The Morgan fingerprint density at radius 3 is 3.29 bits per heavy atom. The van der Waals surface area contributed by atoms with Crippen molar-refractivity contribution in [3.8, 4) is 0 Å². The van der Waals surface area contributed by atoms with Gasteiger partial charge in [0, 0.05) is 24.2 Å². The van der Waals surface area contributed by atoms with Crippen LogP contribution in [0.1, 0.15) is 19.0 Å². The molecule has 6 heteroatoms. The van der Waals surface area contributed by atoms with Crippen LogP contribution in [0.3, 0.4) is 0 Å². The summed E-state index contributed by atoms with van der Waals surface area (Å²) in [7, 11) is 0. The van der Waals surface area contributed by atoms with Crippen LogP contribution in [-0.2, 0) is 4.79 Å². The lowest BCUT2D eigenvalue weighted by Gasteiger charge is -1.97. The van der Waals surface area contributed by atoms with Gasteiger partial charge in [-0.3, -0.25) is 9.20 Å². The highest BCUT2D eigenvalue weighted by Gasteiger charge is 2.08. The van der Waals surface area contributed by atoms with Gasteiger partial charge in [0.25, 0.3) is 0 Å². The summed E-state index contributed by atoms with van der Waals surface area (Å²) in [5.41, 5.74) is 0.731. The molecule has 0 saturated carbocycles. The summed E-state index contributed by atoms with van der Waals surface area (Å²) in [6.45, 7) is 2.68. The molecule has 17 heavy (non-hydrogen) atoms. The standard InChI is InChI=1S/C11H12ClN3OS/c1-2-5-13-9(16)4-3-8-10(12)14-11-15(8)6-7-17-11/h3-4,6-7H,2,5H2,1H3,(H,13,16). The molecule has 0 saturated heterocycles. The molecule has 1 amide bonds. The van der Waals surface area contributed by atoms with E-state index in [9.17, 15) is 4.79 Å². The maximum absolute atomic E-state index is 11.4. The number of halogens is 1. The maximum Gasteiger partial charge on any atom is 0.244 e. The molecule has 4 nitrogen and oxygen atoms in total. The number of fused-ring (bicyclic) bond motifs is 1. The lowest BCUT2D eigenvalue weighted by Crippen LogP contribution is -2.21. The molecule has 2 aromatic rings. The van der Waals surface area contributed by atoms with Crippen LogP contribution in [0.4, 0.5) is 0 Å². The van der Waals surface area contributed by atoms with Gasteiger partial charge in [0.05, 0.1) is 5.69 Å². The molecule has 0 aliphatic heterocycles. The Labute approximate surface area is 108 Å². The van der Waals surface area contributed by atoms with Gasteiger partial charge in [-0.1, -0.05) is 18.5 Å². The fourth-order valence-corrected chi connectivity index (χ4v) is 2.39. The van der Waals surface area contributed by atoms with Crippen LogP contribution in [-0.4, -0.2) is 21.8 Å².